The van der Waals surface area contributed by atoms with E-state index in [0.29, 0.717) is 18.6 Å². The summed E-state index contributed by atoms with van der Waals surface area (Å²) in [7, 11) is 0. The number of rotatable bonds is 8. The summed E-state index contributed by atoms with van der Waals surface area (Å²) in [5, 5.41) is 8.86. The molecule has 2 N–H and O–H groups in total. The molecule has 1 unspecified atom stereocenters. The minimum Gasteiger partial charge on any atom is -0.355 e. The fourth-order valence-electron chi connectivity index (χ4n) is 3.00. The number of halogens is 2. The maximum atomic E-state index is 14.1. The summed E-state index contributed by atoms with van der Waals surface area (Å²) in [4.78, 5) is 24.5. The smallest absolute Gasteiger partial charge is 0.273 e. The van der Waals surface area contributed by atoms with Crippen LogP contribution in [0.25, 0.3) is 11.3 Å². The van der Waals surface area contributed by atoms with Crippen molar-refractivity contribution in [2.24, 2.45) is 0 Å². The number of carbonyl (C=O) groups is 2. The Hall–Kier alpha value is -3.55. The second-order valence-electron chi connectivity index (χ2n) is 6.70. The molecule has 2 aromatic carbocycles. The van der Waals surface area contributed by atoms with Crippen molar-refractivity contribution >= 4 is 11.8 Å². The number of nitrogens with one attached hydrogen (secondary N) is 2. The number of nitrogens with zero attached hydrogens (tertiary/aromatic N) is 1. The van der Waals surface area contributed by atoms with Gasteiger partial charge in [0.1, 0.15) is 11.6 Å². The Kier molecular flexibility index (Phi) is 6.90. The second-order valence-corrected chi connectivity index (χ2v) is 6.70. The van der Waals surface area contributed by atoms with Gasteiger partial charge in [0.05, 0.1) is 12.6 Å². The van der Waals surface area contributed by atoms with Gasteiger partial charge in [0.2, 0.25) is 5.91 Å². The lowest BCUT2D eigenvalue weighted by molar-refractivity contribution is -0.120. The van der Waals surface area contributed by atoms with E-state index in [2.05, 4.69) is 15.8 Å². The van der Waals surface area contributed by atoms with E-state index in [1.54, 1.807) is 0 Å². The Morgan fingerprint density at radius 3 is 2.57 bits per heavy atom. The minimum atomic E-state index is -0.728. The van der Waals surface area contributed by atoms with Gasteiger partial charge in [-0.2, -0.15) is 0 Å². The van der Waals surface area contributed by atoms with E-state index in [9.17, 15) is 18.4 Å². The van der Waals surface area contributed by atoms with Gasteiger partial charge >= 0.3 is 0 Å². The van der Waals surface area contributed by atoms with Crippen molar-refractivity contribution < 1.29 is 22.9 Å². The molecule has 0 radical (unpaired) electrons. The van der Waals surface area contributed by atoms with Crippen LogP contribution in [0.3, 0.4) is 0 Å². The van der Waals surface area contributed by atoms with Crippen molar-refractivity contribution in [3.05, 3.63) is 77.5 Å². The van der Waals surface area contributed by atoms with Crippen LogP contribution in [0.4, 0.5) is 8.78 Å². The van der Waals surface area contributed by atoms with E-state index in [4.69, 9.17) is 4.52 Å². The van der Waals surface area contributed by atoms with Gasteiger partial charge in [-0.25, -0.2) is 8.78 Å². The van der Waals surface area contributed by atoms with Gasteiger partial charge in [0, 0.05) is 23.3 Å². The number of aromatic nitrogens is 1. The van der Waals surface area contributed by atoms with Gasteiger partial charge in [-0.1, -0.05) is 54.9 Å². The topological polar surface area (TPSA) is 84.2 Å². The lowest BCUT2D eigenvalue weighted by Crippen LogP contribution is -2.39. The molecule has 1 atom stereocenters. The lowest BCUT2D eigenvalue weighted by atomic mass is 10.0. The average Bonchev–Trinajstić information content (AvgIpc) is 3.23. The van der Waals surface area contributed by atoms with E-state index in [-0.39, 0.29) is 17.8 Å². The zero-order chi connectivity index (χ0) is 21.5. The molecular weight excluding hydrogens is 392 g/mol. The standard InChI is InChI=1S/C22H21F2N3O3/c1-2-6-18(16-10-9-15(23)11-17(16)24)26-21(28)13-25-22(29)19-12-20(30-27-19)14-7-4-3-5-8-14/h3-5,7-12,18H,2,6,13H2,1H3,(H,25,29)(H,26,28). The molecule has 0 bridgehead atoms. The highest BCUT2D eigenvalue weighted by molar-refractivity contribution is 5.95. The third kappa shape index (κ3) is 5.28. The highest BCUT2D eigenvalue weighted by Crippen LogP contribution is 2.22. The summed E-state index contributed by atoms with van der Waals surface area (Å²) < 4.78 is 32.4. The molecule has 2 amide bonds. The number of hydrogen-bond donors (Lipinski definition) is 2. The summed E-state index contributed by atoms with van der Waals surface area (Å²) in [6, 6.07) is 13.2. The monoisotopic (exact) mass is 413 g/mol. The fourth-order valence-corrected chi connectivity index (χ4v) is 3.00. The van der Waals surface area contributed by atoms with E-state index >= 15 is 0 Å². The highest BCUT2D eigenvalue weighted by Gasteiger charge is 2.19. The van der Waals surface area contributed by atoms with Crippen LogP contribution in [0.5, 0.6) is 0 Å². The molecule has 0 aliphatic rings. The summed E-state index contributed by atoms with van der Waals surface area (Å²) in [6.45, 7) is 1.56. The first-order chi connectivity index (χ1) is 14.5. The molecule has 1 aromatic heterocycles. The largest absolute Gasteiger partial charge is 0.355 e. The maximum Gasteiger partial charge on any atom is 0.273 e. The molecule has 0 saturated heterocycles. The van der Waals surface area contributed by atoms with E-state index < -0.39 is 29.5 Å². The van der Waals surface area contributed by atoms with Crippen LogP contribution >= 0.6 is 0 Å². The van der Waals surface area contributed by atoms with Crippen molar-refractivity contribution in [2.45, 2.75) is 25.8 Å². The van der Waals surface area contributed by atoms with Crippen LogP contribution in [0, 0.1) is 11.6 Å². The third-order valence-corrected chi connectivity index (χ3v) is 4.46. The van der Waals surface area contributed by atoms with E-state index in [1.807, 2.05) is 37.3 Å². The number of carbonyl (C=O) groups excluding carboxylic acids is 2. The lowest BCUT2D eigenvalue weighted by Gasteiger charge is -2.19. The van der Waals surface area contributed by atoms with Crippen molar-refractivity contribution in [1.82, 2.24) is 15.8 Å². The molecule has 3 aromatic rings. The molecular formula is C22H21F2N3O3. The molecule has 8 heteroatoms. The maximum absolute atomic E-state index is 14.1. The second kappa shape index (κ2) is 9.78. The van der Waals surface area contributed by atoms with Crippen LogP contribution in [0.15, 0.2) is 59.1 Å². The highest BCUT2D eigenvalue weighted by atomic mass is 19.1. The quantitative estimate of drug-likeness (QED) is 0.585. The average molecular weight is 413 g/mol. The van der Waals surface area contributed by atoms with Crippen molar-refractivity contribution in [1.29, 1.82) is 0 Å². The predicted octanol–water partition coefficient (Wildman–Crippen LogP) is 4.01. The summed E-state index contributed by atoms with van der Waals surface area (Å²) >= 11 is 0. The molecule has 156 valence electrons. The number of hydrogen-bond acceptors (Lipinski definition) is 4. The molecule has 6 nitrogen and oxygen atoms in total. The zero-order valence-electron chi connectivity index (χ0n) is 16.3. The van der Waals surface area contributed by atoms with Gasteiger partial charge < -0.3 is 15.2 Å². The molecule has 1 heterocycles. The summed E-state index contributed by atoms with van der Waals surface area (Å²) in [5.41, 5.74) is 1.00. The molecule has 0 spiro atoms. The van der Waals surface area contributed by atoms with Crippen molar-refractivity contribution in [3.8, 4) is 11.3 Å². The van der Waals surface area contributed by atoms with E-state index in [1.165, 1.54) is 12.1 Å². The Morgan fingerprint density at radius 2 is 1.87 bits per heavy atom. The van der Waals surface area contributed by atoms with Crippen molar-refractivity contribution in [2.75, 3.05) is 6.54 Å². The SMILES string of the molecule is CCCC(NC(=O)CNC(=O)c1cc(-c2ccccc2)on1)c1ccc(F)cc1F. The zero-order valence-corrected chi connectivity index (χ0v) is 16.3. The number of amides is 2. The Morgan fingerprint density at radius 1 is 1.10 bits per heavy atom. The Bertz CT molecular complexity index is 1020. The molecule has 0 fully saturated rings. The third-order valence-electron chi connectivity index (χ3n) is 4.46. The van der Waals surface area contributed by atoms with Crippen LogP contribution in [-0.4, -0.2) is 23.5 Å². The van der Waals surface area contributed by atoms with Gasteiger partial charge in [0.15, 0.2) is 11.5 Å². The molecule has 3 rings (SSSR count). The van der Waals surface area contributed by atoms with Crippen LogP contribution < -0.4 is 10.6 Å². The molecule has 0 aliphatic carbocycles. The predicted molar refractivity (Wildman–Crippen MR) is 106 cm³/mol. The van der Waals surface area contributed by atoms with Crippen LogP contribution in [0.2, 0.25) is 0 Å². The van der Waals surface area contributed by atoms with Gasteiger partial charge in [0.25, 0.3) is 5.91 Å². The minimum absolute atomic E-state index is 0.0383. The van der Waals surface area contributed by atoms with Crippen LogP contribution in [0.1, 0.15) is 41.9 Å². The molecule has 0 saturated carbocycles. The molecule has 0 aliphatic heterocycles. The first-order valence-corrected chi connectivity index (χ1v) is 9.52. The van der Waals surface area contributed by atoms with Gasteiger partial charge in [-0.3, -0.25) is 9.59 Å². The first-order valence-electron chi connectivity index (χ1n) is 9.52. The summed E-state index contributed by atoms with van der Waals surface area (Å²) in [6.07, 6.45) is 1.14. The summed E-state index contributed by atoms with van der Waals surface area (Å²) in [5.74, 6) is -2.06. The first kappa shape index (κ1) is 21.2. The van der Waals surface area contributed by atoms with Crippen LogP contribution in [-0.2, 0) is 4.79 Å². The number of benzene rings is 2. The molecule has 30 heavy (non-hydrogen) atoms. The normalized spacial score (nSPS) is 11.7. The Labute approximate surface area is 172 Å². The Balaban J connectivity index is 1.59. The fraction of sp³-hybridized carbons (Fsp3) is 0.227. The van der Waals surface area contributed by atoms with Gasteiger partial charge in [-0.05, 0) is 12.5 Å². The van der Waals surface area contributed by atoms with Gasteiger partial charge in [-0.15, -0.1) is 0 Å². The van der Waals surface area contributed by atoms with Crippen molar-refractivity contribution in [3.63, 3.8) is 0 Å². The van der Waals surface area contributed by atoms with E-state index in [0.717, 1.165) is 17.7 Å².